The molecule has 0 saturated carbocycles. The van der Waals surface area contributed by atoms with Crippen molar-refractivity contribution in [2.75, 3.05) is 11.9 Å². The van der Waals surface area contributed by atoms with E-state index >= 15 is 0 Å². The molecule has 1 heterocycles. The molecule has 0 spiro atoms. The average Bonchev–Trinajstić information content (AvgIpc) is 2.48. The summed E-state index contributed by atoms with van der Waals surface area (Å²) in [6.07, 6.45) is 1.10. The van der Waals surface area contributed by atoms with Crippen LogP contribution in [0.4, 0.5) is 5.69 Å². The van der Waals surface area contributed by atoms with Crippen molar-refractivity contribution in [2.45, 2.75) is 6.42 Å². The summed E-state index contributed by atoms with van der Waals surface area (Å²) in [4.78, 5) is 0. The lowest BCUT2D eigenvalue weighted by atomic mass is 9.98. The lowest BCUT2D eigenvalue weighted by Gasteiger charge is -2.08. The van der Waals surface area contributed by atoms with Gasteiger partial charge < -0.3 is 5.32 Å². The van der Waals surface area contributed by atoms with Gasteiger partial charge in [-0.1, -0.05) is 42.5 Å². The highest BCUT2D eigenvalue weighted by Gasteiger charge is 2.11. The van der Waals surface area contributed by atoms with E-state index in [0.29, 0.717) is 0 Å². The van der Waals surface area contributed by atoms with E-state index < -0.39 is 0 Å². The Hall–Kier alpha value is -1.76. The molecule has 0 fully saturated rings. The fourth-order valence-corrected chi connectivity index (χ4v) is 2.21. The third-order valence-electron chi connectivity index (χ3n) is 2.94. The molecule has 2 aromatic carbocycles. The number of hydrogen-bond donors (Lipinski definition) is 1. The van der Waals surface area contributed by atoms with Crippen molar-refractivity contribution in [3.63, 3.8) is 0 Å². The van der Waals surface area contributed by atoms with Crippen LogP contribution in [0.25, 0.3) is 11.1 Å². The molecular formula is C14H13N. The quantitative estimate of drug-likeness (QED) is 0.680. The first-order valence-electron chi connectivity index (χ1n) is 5.36. The van der Waals surface area contributed by atoms with Crippen molar-refractivity contribution < 1.29 is 0 Å². The molecule has 3 rings (SSSR count). The number of para-hydroxylation sites is 1. The van der Waals surface area contributed by atoms with Crippen LogP contribution in [0, 0.1) is 0 Å². The summed E-state index contributed by atoms with van der Waals surface area (Å²) in [5.74, 6) is 0. The topological polar surface area (TPSA) is 12.0 Å². The largest absolute Gasteiger partial charge is 0.384 e. The van der Waals surface area contributed by atoms with Crippen molar-refractivity contribution in [1.29, 1.82) is 0 Å². The van der Waals surface area contributed by atoms with E-state index in [1.165, 1.54) is 22.4 Å². The molecule has 1 nitrogen and oxygen atoms in total. The second-order valence-corrected chi connectivity index (χ2v) is 3.88. The number of benzene rings is 2. The molecule has 0 unspecified atom stereocenters. The van der Waals surface area contributed by atoms with E-state index in [0.717, 1.165) is 13.0 Å². The third kappa shape index (κ3) is 1.40. The van der Waals surface area contributed by atoms with Crippen molar-refractivity contribution in [1.82, 2.24) is 0 Å². The zero-order valence-corrected chi connectivity index (χ0v) is 8.53. The van der Waals surface area contributed by atoms with E-state index in [1.54, 1.807) is 0 Å². The van der Waals surface area contributed by atoms with Crippen LogP contribution in [0.3, 0.4) is 0 Å². The maximum Gasteiger partial charge on any atom is 0.0420 e. The Bertz CT molecular complexity index is 443. The average molecular weight is 195 g/mol. The van der Waals surface area contributed by atoms with Gasteiger partial charge in [-0.3, -0.25) is 0 Å². The van der Waals surface area contributed by atoms with Gasteiger partial charge in [0.1, 0.15) is 0 Å². The number of hydrogen-bond acceptors (Lipinski definition) is 1. The van der Waals surface area contributed by atoms with Crippen LogP contribution in [0.15, 0.2) is 48.5 Å². The molecule has 0 bridgehead atoms. The third-order valence-corrected chi connectivity index (χ3v) is 2.94. The lowest BCUT2D eigenvalue weighted by Crippen LogP contribution is -2.01. The highest BCUT2D eigenvalue weighted by atomic mass is 14.9. The fourth-order valence-electron chi connectivity index (χ4n) is 2.21. The molecule has 1 N–H and O–H groups in total. The van der Waals surface area contributed by atoms with Gasteiger partial charge in [0.2, 0.25) is 0 Å². The Morgan fingerprint density at radius 2 is 1.53 bits per heavy atom. The smallest absolute Gasteiger partial charge is 0.0420 e. The van der Waals surface area contributed by atoms with Gasteiger partial charge in [0.15, 0.2) is 0 Å². The predicted molar refractivity (Wildman–Crippen MR) is 64.1 cm³/mol. The van der Waals surface area contributed by atoms with Crippen LogP contribution >= 0.6 is 0 Å². The van der Waals surface area contributed by atoms with Crippen molar-refractivity contribution in [3.05, 3.63) is 54.1 Å². The van der Waals surface area contributed by atoms with Crippen LogP contribution in [0.5, 0.6) is 0 Å². The van der Waals surface area contributed by atoms with Crippen molar-refractivity contribution >= 4 is 5.69 Å². The van der Waals surface area contributed by atoms with Crippen LogP contribution in [0.2, 0.25) is 0 Å². The molecular weight excluding hydrogens is 182 g/mol. The Morgan fingerprint density at radius 1 is 0.800 bits per heavy atom. The molecule has 1 aliphatic heterocycles. The van der Waals surface area contributed by atoms with Gasteiger partial charge in [-0.05, 0) is 23.6 Å². The Labute approximate surface area is 89.8 Å². The Morgan fingerprint density at radius 3 is 2.47 bits per heavy atom. The van der Waals surface area contributed by atoms with Gasteiger partial charge >= 0.3 is 0 Å². The maximum absolute atomic E-state index is 3.47. The summed E-state index contributed by atoms with van der Waals surface area (Å²) in [5.41, 5.74) is 5.39. The molecule has 15 heavy (non-hydrogen) atoms. The summed E-state index contributed by atoms with van der Waals surface area (Å²) in [6, 6.07) is 17.2. The Balaban J connectivity index is 2.27. The molecule has 0 radical (unpaired) electrons. The molecule has 0 aromatic heterocycles. The second kappa shape index (κ2) is 3.43. The summed E-state index contributed by atoms with van der Waals surface area (Å²) in [7, 11) is 0. The first-order chi connectivity index (χ1) is 7.45. The van der Waals surface area contributed by atoms with Gasteiger partial charge in [0, 0.05) is 17.8 Å². The minimum absolute atomic E-state index is 1.02. The van der Waals surface area contributed by atoms with E-state index in [1.807, 2.05) is 0 Å². The van der Waals surface area contributed by atoms with Gasteiger partial charge in [-0.2, -0.15) is 0 Å². The van der Waals surface area contributed by atoms with Crippen LogP contribution in [-0.2, 0) is 6.42 Å². The van der Waals surface area contributed by atoms with E-state index in [-0.39, 0.29) is 0 Å². The first-order valence-corrected chi connectivity index (χ1v) is 5.36. The fraction of sp³-hybridized carbons (Fsp3) is 0.143. The van der Waals surface area contributed by atoms with Crippen LogP contribution < -0.4 is 5.32 Å². The van der Waals surface area contributed by atoms with Gasteiger partial charge in [-0.25, -0.2) is 0 Å². The van der Waals surface area contributed by atoms with E-state index in [2.05, 4.69) is 53.8 Å². The SMILES string of the molecule is c1ccc2c(c1)CCNc1ccccc1-2. The summed E-state index contributed by atoms with van der Waals surface area (Å²) < 4.78 is 0. The predicted octanol–water partition coefficient (Wildman–Crippen LogP) is 3.32. The van der Waals surface area contributed by atoms with E-state index in [9.17, 15) is 0 Å². The van der Waals surface area contributed by atoms with Crippen LogP contribution in [-0.4, -0.2) is 6.54 Å². The van der Waals surface area contributed by atoms with Crippen molar-refractivity contribution in [2.24, 2.45) is 0 Å². The molecule has 0 saturated heterocycles. The second-order valence-electron chi connectivity index (χ2n) is 3.88. The highest BCUT2D eigenvalue weighted by molar-refractivity contribution is 5.80. The molecule has 0 atom stereocenters. The molecule has 1 aliphatic rings. The molecule has 1 heteroatoms. The van der Waals surface area contributed by atoms with Gasteiger partial charge in [0.05, 0.1) is 0 Å². The van der Waals surface area contributed by atoms with Crippen LogP contribution in [0.1, 0.15) is 5.56 Å². The summed E-state index contributed by atoms with van der Waals surface area (Å²) in [6.45, 7) is 1.02. The summed E-state index contributed by atoms with van der Waals surface area (Å²) >= 11 is 0. The molecule has 74 valence electrons. The minimum atomic E-state index is 1.02. The molecule has 2 aromatic rings. The van der Waals surface area contributed by atoms with Crippen molar-refractivity contribution in [3.8, 4) is 11.1 Å². The zero-order valence-electron chi connectivity index (χ0n) is 8.53. The normalized spacial score (nSPS) is 13.3. The Kier molecular flexibility index (Phi) is 1.95. The highest BCUT2D eigenvalue weighted by Crippen LogP contribution is 2.32. The monoisotopic (exact) mass is 195 g/mol. The number of nitrogens with one attached hydrogen (secondary N) is 1. The number of anilines is 1. The first kappa shape index (κ1) is 8.54. The van der Waals surface area contributed by atoms with Gasteiger partial charge in [-0.15, -0.1) is 0 Å². The number of fused-ring (bicyclic) bond motifs is 3. The number of rotatable bonds is 0. The summed E-state index contributed by atoms with van der Waals surface area (Å²) in [5, 5.41) is 3.47. The minimum Gasteiger partial charge on any atom is -0.384 e. The standard InChI is InChI=1S/C14H13N/c1-2-6-12-11(5-1)9-10-15-14-8-4-3-7-13(12)14/h1-8,15H,9-10H2. The van der Waals surface area contributed by atoms with E-state index in [4.69, 9.17) is 0 Å². The lowest BCUT2D eigenvalue weighted by molar-refractivity contribution is 1.04. The molecule has 0 amide bonds. The molecule has 0 aliphatic carbocycles. The van der Waals surface area contributed by atoms with Gasteiger partial charge in [0.25, 0.3) is 0 Å². The zero-order chi connectivity index (χ0) is 10.1. The maximum atomic E-state index is 3.47.